The molecule has 2 aliphatic heterocycles. The van der Waals surface area contributed by atoms with Gasteiger partial charge in [-0.3, -0.25) is 0 Å². The van der Waals surface area contributed by atoms with E-state index in [9.17, 15) is 4.79 Å². The lowest BCUT2D eigenvalue weighted by atomic mass is 10.2. The van der Waals surface area contributed by atoms with Crippen LogP contribution in [0.1, 0.15) is 0 Å². The van der Waals surface area contributed by atoms with E-state index in [0.29, 0.717) is 28.8 Å². The van der Waals surface area contributed by atoms with Crippen molar-refractivity contribution in [1.29, 1.82) is 0 Å². The van der Waals surface area contributed by atoms with Crippen LogP contribution < -0.4 is 19.7 Å². The smallest absolute Gasteiger partial charge is 0.322 e. The van der Waals surface area contributed by atoms with Crippen LogP contribution >= 0.6 is 23.2 Å². The first-order valence-corrected chi connectivity index (χ1v) is 9.02. The third-order valence-electron chi connectivity index (χ3n) is 4.48. The highest BCUT2D eigenvalue weighted by Gasteiger charge is 2.24. The van der Waals surface area contributed by atoms with Gasteiger partial charge < -0.3 is 24.6 Å². The number of benzene rings is 2. The van der Waals surface area contributed by atoms with Gasteiger partial charge in [0, 0.05) is 37.9 Å². The molecule has 8 heteroatoms. The maximum atomic E-state index is 12.5. The van der Waals surface area contributed by atoms with Gasteiger partial charge in [0.15, 0.2) is 11.5 Å². The lowest BCUT2D eigenvalue weighted by Crippen LogP contribution is -2.50. The number of fused-ring (bicyclic) bond motifs is 1. The van der Waals surface area contributed by atoms with E-state index >= 15 is 0 Å². The molecule has 0 radical (unpaired) electrons. The number of carbonyl (C=O) groups is 1. The van der Waals surface area contributed by atoms with Gasteiger partial charge in [-0.15, -0.1) is 0 Å². The lowest BCUT2D eigenvalue weighted by molar-refractivity contribution is 0.174. The van der Waals surface area contributed by atoms with Crippen LogP contribution in [0.15, 0.2) is 36.4 Å². The van der Waals surface area contributed by atoms with E-state index in [2.05, 4.69) is 10.2 Å². The van der Waals surface area contributed by atoms with Crippen molar-refractivity contribution in [2.75, 3.05) is 43.2 Å². The molecule has 1 N–H and O–H groups in total. The van der Waals surface area contributed by atoms with E-state index in [1.54, 1.807) is 23.1 Å². The van der Waals surface area contributed by atoms with E-state index < -0.39 is 0 Å². The molecule has 0 spiro atoms. The van der Waals surface area contributed by atoms with Gasteiger partial charge in [-0.05, 0) is 24.3 Å². The molecular formula is C18H17Cl2N3O3. The summed E-state index contributed by atoms with van der Waals surface area (Å²) in [5.74, 6) is 1.53. The van der Waals surface area contributed by atoms with Gasteiger partial charge in [0.1, 0.15) is 0 Å². The average Bonchev–Trinajstić information content (AvgIpc) is 3.12. The second kappa shape index (κ2) is 7.13. The van der Waals surface area contributed by atoms with Crippen molar-refractivity contribution in [3.05, 3.63) is 46.4 Å². The van der Waals surface area contributed by atoms with Gasteiger partial charge in [-0.1, -0.05) is 29.3 Å². The van der Waals surface area contributed by atoms with Crippen LogP contribution in [0.2, 0.25) is 10.0 Å². The second-order valence-electron chi connectivity index (χ2n) is 6.04. The summed E-state index contributed by atoms with van der Waals surface area (Å²) in [5.41, 5.74) is 1.50. The van der Waals surface area contributed by atoms with Crippen LogP contribution in [0.3, 0.4) is 0 Å². The number of ether oxygens (including phenoxy) is 2. The summed E-state index contributed by atoms with van der Waals surface area (Å²) in [6, 6.07) is 10.8. The Morgan fingerprint density at radius 1 is 0.962 bits per heavy atom. The molecule has 136 valence electrons. The van der Waals surface area contributed by atoms with Gasteiger partial charge in [0.05, 0.1) is 15.7 Å². The zero-order chi connectivity index (χ0) is 18.1. The number of hydrogen-bond acceptors (Lipinski definition) is 4. The monoisotopic (exact) mass is 393 g/mol. The molecule has 0 bridgehead atoms. The van der Waals surface area contributed by atoms with Gasteiger partial charge in [0.2, 0.25) is 6.79 Å². The highest BCUT2D eigenvalue weighted by atomic mass is 35.5. The predicted octanol–water partition coefficient (Wildman–Crippen LogP) is 4.08. The Kier molecular flexibility index (Phi) is 4.70. The van der Waals surface area contributed by atoms with Crippen LogP contribution in [0.5, 0.6) is 11.5 Å². The summed E-state index contributed by atoms with van der Waals surface area (Å²) in [6.07, 6.45) is 0. The van der Waals surface area contributed by atoms with Crippen LogP contribution in [0.25, 0.3) is 0 Å². The van der Waals surface area contributed by atoms with Crippen LogP contribution in [0.4, 0.5) is 16.2 Å². The van der Waals surface area contributed by atoms with Crippen molar-refractivity contribution in [2.24, 2.45) is 0 Å². The minimum absolute atomic E-state index is 0.203. The van der Waals surface area contributed by atoms with Crippen molar-refractivity contribution in [1.82, 2.24) is 4.90 Å². The molecule has 26 heavy (non-hydrogen) atoms. The maximum Gasteiger partial charge on any atom is 0.322 e. The normalized spacial score (nSPS) is 15.9. The SMILES string of the molecule is O=C(Nc1c(Cl)cccc1Cl)N1CCN(c2ccc3c(c2)OCO3)CC1. The Morgan fingerprint density at radius 3 is 2.38 bits per heavy atom. The van der Waals surface area contributed by atoms with Crippen molar-refractivity contribution >= 4 is 40.6 Å². The third-order valence-corrected chi connectivity index (χ3v) is 5.11. The molecule has 2 aromatic carbocycles. The minimum Gasteiger partial charge on any atom is -0.454 e. The predicted molar refractivity (Wildman–Crippen MR) is 102 cm³/mol. The molecule has 2 heterocycles. The average molecular weight is 394 g/mol. The summed E-state index contributed by atoms with van der Waals surface area (Å²) in [4.78, 5) is 16.5. The highest BCUT2D eigenvalue weighted by molar-refractivity contribution is 6.39. The number of para-hydroxylation sites is 1. The molecule has 2 aliphatic rings. The maximum absolute atomic E-state index is 12.5. The summed E-state index contributed by atoms with van der Waals surface area (Å²) in [6.45, 7) is 2.91. The number of anilines is 2. The standard InChI is InChI=1S/C18H17Cl2N3O3/c19-13-2-1-3-14(20)17(13)21-18(24)23-8-6-22(7-9-23)12-4-5-15-16(10-12)26-11-25-15/h1-5,10H,6-9,11H2,(H,21,24). The number of halogens is 2. The molecule has 1 fully saturated rings. The first-order chi connectivity index (χ1) is 12.6. The summed E-state index contributed by atoms with van der Waals surface area (Å²) in [5, 5.41) is 3.65. The van der Waals surface area contributed by atoms with Crippen molar-refractivity contribution in [2.45, 2.75) is 0 Å². The number of amides is 2. The van der Waals surface area contributed by atoms with E-state index in [1.807, 2.05) is 18.2 Å². The van der Waals surface area contributed by atoms with Crippen LogP contribution in [-0.4, -0.2) is 43.9 Å². The second-order valence-corrected chi connectivity index (χ2v) is 6.85. The Labute approximate surface area is 161 Å². The Morgan fingerprint density at radius 2 is 1.65 bits per heavy atom. The molecule has 4 rings (SSSR count). The largest absolute Gasteiger partial charge is 0.454 e. The first kappa shape index (κ1) is 17.1. The molecule has 1 saturated heterocycles. The molecule has 0 aliphatic carbocycles. The van der Waals surface area contributed by atoms with E-state index in [1.165, 1.54) is 0 Å². The molecule has 6 nitrogen and oxygen atoms in total. The van der Waals surface area contributed by atoms with Gasteiger partial charge in [-0.2, -0.15) is 0 Å². The van der Waals surface area contributed by atoms with Gasteiger partial charge in [0.25, 0.3) is 0 Å². The summed E-state index contributed by atoms with van der Waals surface area (Å²) < 4.78 is 10.8. The van der Waals surface area contributed by atoms with E-state index in [-0.39, 0.29) is 12.8 Å². The molecular weight excluding hydrogens is 377 g/mol. The fraction of sp³-hybridized carbons (Fsp3) is 0.278. The molecule has 0 atom stereocenters. The number of carbonyl (C=O) groups excluding carboxylic acids is 1. The number of hydrogen-bond donors (Lipinski definition) is 1. The molecule has 0 unspecified atom stereocenters. The number of nitrogens with zero attached hydrogens (tertiary/aromatic N) is 2. The Balaban J connectivity index is 1.38. The quantitative estimate of drug-likeness (QED) is 0.834. The number of urea groups is 1. The summed E-state index contributed by atoms with van der Waals surface area (Å²) >= 11 is 12.2. The zero-order valence-electron chi connectivity index (χ0n) is 13.9. The fourth-order valence-corrected chi connectivity index (χ4v) is 3.54. The van der Waals surface area contributed by atoms with Crippen molar-refractivity contribution in [3.63, 3.8) is 0 Å². The van der Waals surface area contributed by atoms with Crippen LogP contribution in [0, 0.1) is 0 Å². The van der Waals surface area contributed by atoms with Crippen molar-refractivity contribution < 1.29 is 14.3 Å². The third kappa shape index (κ3) is 3.34. The zero-order valence-corrected chi connectivity index (χ0v) is 15.4. The van der Waals surface area contributed by atoms with Crippen molar-refractivity contribution in [3.8, 4) is 11.5 Å². The highest BCUT2D eigenvalue weighted by Crippen LogP contribution is 2.36. The van der Waals surface area contributed by atoms with Gasteiger partial charge in [-0.25, -0.2) is 4.79 Å². The number of piperazine rings is 1. The Bertz CT molecular complexity index is 818. The topological polar surface area (TPSA) is 54.0 Å². The lowest BCUT2D eigenvalue weighted by Gasteiger charge is -2.36. The first-order valence-electron chi connectivity index (χ1n) is 8.26. The van der Waals surface area contributed by atoms with E-state index in [0.717, 1.165) is 30.3 Å². The molecule has 0 saturated carbocycles. The van der Waals surface area contributed by atoms with Gasteiger partial charge >= 0.3 is 6.03 Å². The number of rotatable bonds is 2. The van der Waals surface area contributed by atoms with Crippen LogP contribution in [-0.2, 0) is 0 Å². The van der Waals surface area contributed by atoms with E-state index in [4.69, 9.17) is 32.7 Å². The summed E-state index contributed by atoms with van der Waals surface area (Å²) in [7, 11) is 0. The number of nitrogens with one attached hydrogen (secondary N) is 1. The Hall–Kier alpha value is -2.31. The fourth-order valence-electron chi connectivity index (χ4n) is 3.05. The molecule has 2 amide bonds. The molecule has 2 aromatic rings. The minimum atomic E-state index is -0.203. The molecule has 0 aromatic heterocycles.